The molecule has 2 bridgehead atoms. The lowest BCUT2D eigenvalue weighted by molar-refractivity contribution is -0.110. The number of hydrogen-bond acceptors (Lipinski definition) is 2. The number of fused-ring (bicyclic) bond motifs is 2. The van der Waals surface area contributed by atoms with E-state index in [9.17, 15) is 4.79 Å². The molecule has 0 aliphatic carbocycles. The van der Waals surface area contributed by atoms with E-state index in [1.165, 1.54) is 19.5 Å². The van der Waals surface area contributed by atoms with Gasteiger partial charge in [0.05, 0.1) is 0 Å². The second-order valence-electron chi connectivity index (χ2n) is 3.20. The van der Waals surface area contributed by atoms with Crippen molar-refractivity contribution in [2.75, 3.05) is 19.6 Å². The van der Waals surface area contributed by atoms with Gasteiger partial charge in [-0.05, 0) is 18.9 Å². The molecular weight excluding hydrogens is 128 g/mol. The van der Waals surface area contributed by atoms with E-state index in [4.69, 9.17) is 0 Å². The fourth-order valence-electron chi connectivity index (χ4n) is 2.06. The average Bonchev–Trinajstić information content (AvgIpc) is 2.48. The highest BCUT2D eigenvalue weighted by atomic mass is 16.1. The summed E-state index contributed by atoms with van der Waals surface area (Å²) < 4.78 is 0. The van der Waals surface area contributed by atoms with Gasteiger partial charge in [-0.25, -0.2) is 0 Å². The van der Waals surface area contributed by atoms with E-state index < -0.39 is 0 Å². The highest BCUT2D eigenvalue weighted by molar-refractivity contribution is 5.47. The molecule has 1 N–H and O–H groups in total. The summed E-state index contributed by atoms with van der Waals surface area (Å²) >= 11 is 0. The minimum Gasteiger partial charge on any atom is -0.354 e. The van der Waals surface area contributed by atoms with Gasteiger partial charge < -0.3 is 10.2 Å². The molecule has 2 heterocycles. The first-order valence-electron chi connectivity index (χ1n) is 3.82. The van der Waals surface area contributed by atoms with E-state index in [0.717, 1.165) is 18.9 Å². The fourth-order valence-corrected chi connectivity index (χ4v) is 2.06. The molecule has 1 amide bonds. The van der Waals surface area contributed by atoms with Gasteiger partial charge in [0.1, 0.15) is 0 Å². The van der Waals surface area contributed by atoms with Crippen LogP contribution in [0.15, 0.2) is 0 Å². The van der Waals surface area contributed by atoms with Crippen molar-refractivity contribution in [3.63, 3.8) is 0 Å². The molecule has 2 fully saturated rings. The Labute approximate surface area is 60.4 Å². The zero-order valence-corrected chi connectivity index (χ0v) is 5.92. The average molecular weight is 140 g/mol. The number of amides is 1. The minimum atomic E-state index is 0.450. The Balaban J connectivity index is 1.95. The molecule has 0 aromatic rings. The van der Waals surface area contributed by atoms with Gasteiger partial charge in [0, 0.05) is 19.1 Å². The van der Waals surface area contributed by atoms with E-state index in [1.807, 2.05) is 0 Å². The van der Waals surface area contributed by atoms with Gasteiger partial charge in [0.25, 0.3) is 0 Å². The van der Waals surface area contributed by atoms with Gasteiger partial charge in [-0.2, -0.15) is 0 Å². The molecule has 3 heteroatoms. The summed E-state index contributed by atoms with van der Waals surface area (Å²) in [5.41, 5.74) is 0. The van der Waals surface area contributed by atoms with Crippen molar-refractivity contribution < 1.29 is 4.79 Å². The SMILES string of the molecule is O=CNC1CN2CCC1C2. The molecule has 0 aromatic heterocycles. The molecule has 3 nitrogen and oxygen atoms in total. The molecule has 0 radical (unpaired) electrons. The summed E-state index contributed by atoms with van der Waals surface area (Å²) in [7, 11) is 0. The molecule has 0 saturated carbocycles. The Morgan fingerprint density at radius 3 is 2.90 bits per heavy atom. The van der Waals surface area contributed by atoms with Gasteiger partial charge in [-0.1, -0.05) is 0 Å². The van der Waals surface area contributed by atoms with Crippen LogP contribution in [0.5, 0.6) is 0 Å². The number of carbonyl (C=O) groups excluding carboxylic acids is 1. The number of rotatable bonds is 2. The topological polar surface area (TPSA) is 32.3 Å². The lowest BCUT2D eigenvalue weighted by Gasteiger charge is -2.20. The van der Waals surface area contributed by atoms with Crippen LogP contribution in [0.4, 0.5) is 0 Å². The van der Waals surface area contributed by atoms with Crippen LogP contribution >= 0.6 is 0 Å². The van der Waals surface area contributed by atoms with E-state index in [-0.39, 0.29) is 0 Å². The molecule has 2 saturated heterocycles. The van der Waals surface area contributed by atoms with Gasteiger partial charge in [0.2, 0.25) is 6.41 Å². The standard InChI is InChI=1S/C7H12N2O/c10-5-8-7-4-9-2-1-6(7)3-9/h5-7H,1-4H2,(H,8,10). The first-order valence-corrected chi connectivity index (χ1v) is 3.82. The quantitative estimate of drug-likeness (QED) is 0.521. The van der Waals surface area contributed by atoms with E-state index in [1.54, 1.807) is 0 Å². The molecule has 2 rings (SSSR count). The van der Waals surface area contributed by atoms with Gasteiger partial charge in [-0.15, -0.1) is 0 Å². The minimum absolute atomic E-state index is 0.450. The summed E-state index contributed by atoms with van der Waals surface area (Å²) in [4.78, 5) is 12.5. The fraction of sp³-hybridized carbons (Fsp3) is 0.857. The highest BCUT2D eigenvalue weighted by Gasteiger charge is 2.37. The summed E-state index contributed by atoms with van der Waals surface area (Å²) in [5.74, 6) is 0.741. The van der Waals surface area contributed by atoms with Crippen LogP contribution in [-0.2, 0) is 4.79 Å². The zero-order valence-electron chi connectivity index (χ0n) is 5.92. The highest BCUT2D eigenvalue weighted by Crippen LogP contribution is 2.27. The molecule has 3 atom stereocenters. The van der Waals surface area contributed by atoms with Crippen molar-refractivity contribution in [2.24, 2.45) is 5.92 Å². The third-order valence-corrected chi connectivity index (χ3v) is 2.61. The van der Waals surface area contributed by atoms with Crippen LogP contribution in [0.1, 0.15) is 6.42 Å². The summed E-state index contributed by atoms with van der Waals surface area (Å²) in [6, 6.07) is 0.450. The molecule has 56 valence electrons. The number of nitrogens with zero attached hydrogens (tertiary/aromatic N) is 1. The molecule has 0 aromatic carbocycles. The van der Waals surface area contributed by atoms with Gasteiger partial charge >= 0.3 is 0 Å². The van der Waals surface area contributed by atoms with Gasteiger partial charge in [-0.3, -0.25) is 4.79 Å². The maximum atomic E-state index is 10.1. The van der Waals surface area contributed by atoms with Crippen LogP contribution in [0.25, 0.3) is 0 Å². The van der Waals surface area contributed by atoms with Crippen molar-refractivity contribution in [3.8, 4) is 0 Å². The molecule has 10 heavy (non-hydrogen) atoms. The molecule has 3 unspecified atom stereocenters. The van der Waals surface area contributed by atoms with Gasteiger partial charge in [0.15, 0.2) is 0 Å². The Hall–Kier alpha value is -0.570. The van der Waals surface area contributed by atoms with Crippen molar-refractivity contribution in [3.05, 3.63) is 0 Å². The van der Waals surface area contributed by atoms with Crippen LogP contribution in [0.3, 0.4) is 0 Å². The molecule has 0 spiro atoms. The van der Waals surface area contributed by atoms with E-state index in [0.29, 0.717) is 6.04 Å². The Kier molecular flexibility index (Phi) is 1.38. The predicted molar refractivity (Wildman–Crippen MR) is 37.5 cm³/mol. The van der Waals surface area contributed by atoms with Crippen molar-refractivity contribution in [1.29, 1.82) is 0 Å². The third-order valence-electron chi connectivity index (χ3n) is 2.61. The summed E-state index contributed by atoms with van der Waals surface area (Å²) in [6.07, 6.45) is 2.10. The number of hydrogen-bond donors (Lipinski definition) is 1. The maximum absolute atomic E-state index is 10.1. The first-order chi connectivity index (χ1) is 4.90. The van der Waals surface area contributed by atoms with Crippen LogP contribution < -0.4 is 5.32 Å². The Morgan fingerprint density at radius 1 is 1.50 bits per heavy atom. The van der Waals surface area contributed by atoms with E-state index in [2.05, 4.69) is 10.2 Å². The largest absolute Gasteiger partial charge is 0.354 e. The van der Waals surface area contributed by atoms with Crippen LogP contribution in [0.2, 0.25) is 0 Å². The smallest absolute Gasteiger partial charge is 0.207 e. The monoisotopic (exact) mass is 140 g/mol. The van der Waals surface area contributed by atoms with Crippen LogP contribution in [-0.4, -0.2) is 37.0 Å². The molecular formula is C7H12N2O. The number of nitrogens with one attached hydrogen (secondary N) is 1. The van der Waals surface area contributed by atoms with Crippen molar-refractivity contribution >= 4 is 6.41 Å². The second-order valence-corrected chi connectivity index (χ2v) is 3.20. The lowest BCUT2D eigenvalue weighted by Crippen LogP contribution is -2.38. The lowest BCUT2D eigenvalue weighted by atomic mass is 10.0. The van der Waals surface area contributed by atoms with Crippen molar-refractivity contribution in [1.82, 2.24) is 10.2 Å². The first kappa shape index (κ1) is 6.16. The number of carbonyl (C=O) groups is 1. The zero-order chi connectivity index (χ0) is 6.97. The molecule has 2 aliphatic heterocycles. The van der Waals surface area contributed by atoms with Crippen molar-refractivity contribution in [2.45, 2.75) is 12.5 Å². The maximum Gasteiger partial charge on any atom is 0.207 e. The number of piperidine rings is 1. The second kappa shape index (κ2) is 2.23. The normalized spacial score (nSPS) is 43.8. The molecule has 2 aliphatic rings. The Bertz CT molecular complexity index is 149. The third kappa shape index (κ3) is 0.814. The predicted octanol–water partition coefficient (Wildman–Crippen LogP) is -0.563. The summed E-state index contributed by atoms with van der Waals surface area (Å²) in [5, 5.41) is 2.85. The Morgan fingerprint density at radius 2 is 2.40 bits per heavy atom. The summed E-state index contributed by atoms with van der Waals surface area (Å²) in [6.45, 7) is 3.51. The van der Waals surface area contributed by atoms with Crippen LogP contribution in [0, 0.1) is 5.92 Å². The van der Waals surface area contributed by atoms with E-state index >= 15 is 0 Å².